The first-order valence-electron chi connectivity index (χ1n) is 5.57. The van der Waals surface area contributed by atoms with Crippen molar-refractivity contribution in [2.24, 2.45) is 5.73 Å². The minimum absolute atomic E-state index is 0.0785. The van der Waals surface area contributed by atoms with Crippen molar-refractivity contribution in [2.45, 2.75) is 13.0 Å². The van der Waals surface area contributed by atoms with Gasteiger partial charge in [-0.1, -0.05) is 39.7 Å². The van der Waals surface area contributed by atoms with Crippen LogP contribution in [0.2, 0.25) is 0 Å². The van der Waals surface area contributed by atoms with Crippen LogP contribution in [0.3, 0.4) is 0 Å². The summed E-state index contributed by atoms with van der Waals surface area (Å²) in [6.07, 6.45) is 0. The molecule has 2 aromatic rings. The summed E-state index contributed by atoms with van der Waals surface area (Å²) >= 11 is 3.32. The Morgan fingerprint density at radius 2 is 1.68 bits per heavy atom. The predicted octanol–water partition coefficient (Wildman–Crippen LogP) is 4.22. The van der Waals surface area contributed by atoms with Crippen molar-refractivity contribution in [2.75, 3.05) is 0 Å². The second-order valence-corrected chi connectivity index (χ2v) is 5.12. The monoisotopic (exact) mass is 329 g/mol. The average Bonchev–Trinajstić information content (AvgIpc) is 2.38. The number of hydrogen-bond donors (Lipinski definition) is 1. The quantitative estimate of drug-likeness (QED) is 0.820. The molecule has 1 nitrogen and oxygen atoms in total. The normalized spacial score (nSPS) is 12.5. The van der Waals surface area contributed by atoms with E-state index < -0.39 is 23.5 Å². The summed E-state index contributed by atoms with van der Waals surface area (Å²) in [5, 5.41) is 0. The van der Waals surface area contributed by atoms with Crippen LogP contribution < -0.4 is 5.73 Å². The summed E-state index contributed by atoms with van der Waals surface area (Å²) in [6, 6.07) is 6.58. The molecule has 100 valence electrons. The van der Waals surface area contributed by atoms with Gasteiger partial charge in [0, 0.05) is 10.0 Å². The Kier molecular flexibility index (Phi) is 3.96. The first kappa shape index (κ1) is 14.1. The van der Waals surface area contributed by atoms with Crippen LogP contribution >= 0.6 is 15.9 Å². The van der Waals surface area contributed by atoms with Crippen molar-refractivity contribution in [3.05, 3.63) is 68.9 Å². The highest BCUT2D eigenvalue weighted by atomic mass is 79.9. The average molecular weight is 330 g/mol. The summed E-state index contributed by atoms with van der Waals surface area (Å²) < 4.78 is 40.5. The standard InChI is InChI=1S/C14H11BrF3N/c1-7-2-4-10(15)9(6-7)14(19)8-3-5-11(16)13(18)12(8)17/h2-6,14H,19H2,1H3. The fourth-order valence-corrected chi connectivity index (χ4v) is 2.34. The van der Waals surface area contributed by atoms with Crippen LogP contribution in [0.15, 0.2) is 34.8 Å². The van der Waals surface area contributed by atoms with E-state index in [0.717, 1.165) is 17.7 Å². The van der Waals surface area contributed by atoms with Crippen molar-refractivity contribution in [1.29, 1.82) is 0 Å². The van der Waals surface area contributed by atoms with E-state index in [2.05, 4.69) is 15.9 Å². The minimum atomic E-state index is -1.50. The third-order valence-corrected chi connectivity index (χ3v) is 3.61. The van der Waals surface area contributed by atoms with E-state index in [-0.39, 0.29) is 5.56 Å². The molecule has 0 radical (unpaired) electrons. The van der Waals surface area contributed by atoms with Gasteiger partial charge in [-0.3, -0.25) is 0 Å². The molecule has 1 atom stereocenters. The van der Waals surface area contributed by atoms with Gasteiger partial charge in [0.05, 0.1) is 6.04 Å². The topological polar surface area (TPSA) is 26.0 Å². The summed E-state index contributed by atoms with van der Waals surface area (Å²) in [6.45, 7) is 1.87. The number of hydrogen-bond acceptors (Lipinski definition) is 1. The van der Waals surface area contributed by atoms with Crippen LogP contribution in [0.1, 0.15) is 22.7 Å². The molecule has 2 rings (SSSR count). The van der Waals surface area contributed by atoms with Crippen molar-refractivity contribution in [3.63, 3.8) is 0 Å². The first-order chi connectivity index (χ1) is 8.91. The lowest BCUT2D eigenvalue weighted by Gasteiger charge is -2.16. The molecule has 0 saturated heterocycles. The largest absolute Gasteiger partial charge is 0.320 e. The second-order valence-electron chi connectivity index (χ2n) is 4.27. The zero-order chi connectivity index (χ0) is 14.2. The lowest BCUT2D eigenvalue weighted by atomic mass is 9.97. The zero-order valence-electron chi connectivity index (χ0n) is 10.1. The van der Waals surface area contributed by atoms with E-state index >= 15 is 0 Å². The third-order valence-electron chi connectivity index (χ3n) is 2.89. The highest BCUT2D eigenvalue weighted by Crippen LogP contribution is 2.30. The summed E-state index contributed by atoms with van der Waals surface area (Å²) in [4.78, 5) is 0. The first-order valence-corrected chi connectivity index (χ1v) is 6.36. The van der Waals surface area contributed by atoms with Crippen LogP contribution in [-0.4, -0.2) is 0 Å². The van der Waals surface area contributed by atoms with Gasteiger partial charge in [0.25, 0.3) is 0 Å². The Morgan fingerprint density at radius 3 is 2.37 bits per heavy atom. The molecule has 19 heavy (non-hydrogen) atoms. The highest BCUT2D eigenvalue weighted by molar-refractivity contribution is 9.10. The molecule has 2 N–H and O–H groups in total. The number of halogens is 4. The molecule has 0 aromatic heterocycles. The molecule has 0 fully saturated rings. The molecule has 2 aromatic carbocycles. The molecule has 0 aliphatic rings. The number of rotatable bonds is 2. The Balaban J connectivity index is 2.53. The van der Waals surface area contributed by atoms with Gasteiger partial charge in [0.1, 0.15) is 0 Å². The van der Waals surface area contributed by atoms with Crippen LogP contribution in [0.5, 0.6) is 0 Å². The molecule has 1 unspecified atom stereocenters. The maximum absolute atomic E-state index is 13.7. The van der Waals surface area contributed by atoms with Gasteiger partial charge in [-0.05, 0) is 24.6 Å². The van der Waals surface area contributed by atoms with Gasteiger partial charge in [-0.15, -0.1) is 0 Å². The van der Waals surface area contributed by atoms with Gasteiger partial charge >= 0.3 is 0 Å². The molecular formula is C14H11BrF3N. The fourth-order valence-electron chi connectivity index (χ4n) is 1.85. The zero-order valence-corrected chi connectivity index (χ0v) is 11.6. The fraction of sp³-hybridized carbons (Fsp3) is 0.143. The van der Waals surface area contributed by atoms with Gasteiger partial charge in [-0.2, -0.15) is 0 Å². The molecule has 0 saturated carbocycles. The molecule has 0 heterocycles. The Hall–Kier alpha value is -1.33. The predicted molar refractivity (Wildman–Crippen MR) is 71.2 cm³/mol. The van der Waals surface area contributed by atoms with Gasteiger partial charge in [-0.25, -0.2) is 13.2 Å². The van der Waals surface area contributed by atoms with E-state index in [4.69, 9.17) is 5.73 Å². The lowest BCUT2D eigenvalue weighted by molar-refractivity contribution is 0.438. The van der Waals surface area contributed by atoms with E-state index in [1.165, 1.54) is 0 Å². The molecule has 0 bridgehead atoms. The molecule has 0 spiro atoms. The third kappa shape index (κ3) is 2.67. The van der Waals surface area contributed by atoms with Crippen molar-refractivity contribution in [1.82, 2.24) is 0 Å². The molecular weight excluding hydrogens is 319 g/mol. The van der Waals surface area contributed by atoms with Crippen molar-refractivity contribution in [3.8, 4) is 0 Å². The smallest absolute Gasteiger partial charge is 0.194 e. The Bertz CT molecular complexity index is 628. The summed E-state index contributed by atoms with van der Waals surface area (Å²) in [5.74, 6) is -3.98. The lowest BCUT2D eigenvalue weighted by Crippen LogP contribution is -2.15. The van der Waals surface area contributed by atoms with E-state index in [1.54, 1.807) is 12.1 Å². The molecule has 0 aliphatic heterocycles. The summed E-state index contributed by atoms with van der Waals surface area (Å²) in [5.41, 5.74) is 7.43. The van der Waals surface area contributed by atoms with Gasteiger partial charge < -0.3 is 5.73 Å². The van der Waals surface area contributed by atoms with Gasteiger partial charge in [0.2, 0.25) is 0 Å². The van der Waals surface area contributed by atoms with Crippen molar-refractivity contribution >= 4 is 15.9 Å². The summed E-state index contributed by atoms with van der Waals surface area (Å²) in [7, 11) is 0. The SMILES string of the molecule is Cc1ccc(Br)c(C(N)c2ccc(F)c(F)c2F)c1. The molecule has 0 amide bonds. The van der Waals surface area contributed by atoms with Gasteiger partial charge in [0.15, 0.2) is 17.5 Å². The Morgan fingerprint density at radius 1 is 1.00 bits per heavy atom. The van der Waals surface area contributed by atoms with Crippen LogP contribution in [0.25, 0.3) is 0 Å². The van der Waals surface area contributed by atoms with E-state index in [9.17, 15) is 13.2 Å². The van der Waals surface area contributed by atoms with Crippen LogP contribution in [0, 0.1) is 24.4 Å². The van der Waals surface area contributed by atoms with Crippen molar-refractivity contribution < 1.29 is 13.2 Å². The molecule has 5 heteroatoms. The van der Waals surface area contributed by atoms with E-state index in [0.29, 0.717) is 10.0 Å². The molecule has 0 aliphatic carbocycles. The highest BCUT2D eigenvalue weighted by Gasteiger charge is 2.20. The van der Waals surface area contributed by atoms with Crippen LogP contribution in [0.4, 0.5) is 13.2 Å². The van der Waals surface area contributed by atoms with Crippen LogP contribution in [-0.2, 0) is 0 Å². The second kappa shape index (κ2) is 5.35. The number of nitrogens with two attached hydrogens (primary N) is 1. The Labute approximate surface area is 117 Å². The number of benzene rings is 2. The van der Waals surface area contributed by atoms with E-state index in [1.807, 2.05) is 13.0 Å². The maximum Gasteiger partial charge on any atom is 0.194 e. The maximum atomic E-state index is 13.7. The number of aryl methyl sites for hydroxylation is 1. The minimum Gasteiger partial charge on any atom is -0.320 e.